The second-order valence-electron chi connectivity index (χ2n) is 5.54. The lowest BCUT2D eigenvalue weighted by Crippen LogP contribution is -2.21. The molecule has 2 aromatic rings. The molecule has 1 aromatic heterocycles. The second-order valence-corrected chi connectivity index (χ2v) is 10.6. The predicted octanol–water partition coefficient (Wildman–Crippen LogP) is 2.86. The summed E-state index contributed by atoms with van der Waals surface area (Å²) in [6.07, 6.45) is 1.24. The molecule has 25 heavy (non-hydrogen) atoms. The molecule has 6 nitrogen and oxygen atoms in total. The molecule has 0 fully saturated rings. The van der Waals surface area contributed by atoms with Gasteiger partial charge in [0.15, 0.2) is 9.37 Å². The standard InChI is InChI=1S/C16H18N2O4S3/c1-4-18(5-2)16-17-11(3)12(23-16)10-15-24(19,20)13-8-6-7-9-14(13)25(15,21)22/h6-10H,4-5H2,1-3H3. The quantitative estimate of drug-likeness (QED) is 0.787. The van der Waals surface area contributed by atoms with Gasteiger partial charge in [-0.05, 0) is 39.0 Å². The first kappa shape index (κ1) is 18.1. The Morgan fingerprint density at radius 1 is 1.04 bits per heavy atom. The number of benzene rings is 1. The van der Waals surface area contributed by atoms with Crippen LogP contribution in [0.15, 0.2) is 38.3 Å². The summed E-state index contributed by atoms with van der Waals surface area (Å²) < 4.78 is 50.2. The molecule has 1 aliphatic heterocycles. The van der Waals surface area contributed by atoms with Gasteiger partial charge in [0.1, 0.15) is 0 Å². The van der Waals surface area contributed by atoms with E-state index in [0.717, 1.165) is 18.2 Å². The van der Waals surface area contributed by atoms with Crippen LogP contribution in [0.2, 0.25) is 0 Å². The first-order valence-electron chi connectivity index (χ1n) is 7.76. The van der Waals surface area contributed by atoms with Crippen molar-refractivity contribution in [3.63, 3.8) is 0 Å². The van der Waals surface area contributed by atoms with E-state index in [1.165, 1.54) is 41.7 Å². The van der Waals surface area contributed by atoms with Gasteiger partial charge in [-0.3, -0.25) is 0 Å². The molecule has 0 radical (unpaired) electrons. The van der Waals surface area contributed by atoms with E-state index in [1.807, 2.05) is 18.7 Å². The van der Waals surface area contributed by atoms with Crippen molar-refractivity contribution in [1.82, 2.24) is 4.98 Å². The number of hydrogen-bond acceptors (Lipinski definition) is 7. The van der Waals surface area contributed by atoms with E-state index in [-0.39, 0.29) is 9.79 Å². The van der Waals surface area contributed by atoms with Crippen molar-refractivity contribution < 1.29 is 16.8 Å². The topological polar surface area (TPSA) is 84.4 Å². The zero-order valence-electron chi connectivity index (χ0n) is 14.1. The highest BCUT2D eigenvalue weighted by Crippen LogP contribution is 2.42. The highest BCUT2D eigenvalue weighted by Gasteiger charge is 2.44. The smallest absolute Gasteiger partial charge is 0.219 e. The zero-order chi connectivity index (χ0) is 18.4. The van der Waals surface area contributed by atoms with E-state index < -0.39 is 23.9 Å². The molecular weight excluding hydrogens is 380 g/mol. The number of aryl methyl sites for hydroxylation is 1. The van der Waals surface area contributed by atoms with Crippen molar-refractivity contribution in [2.45, 2.75) is 30.6 Å². The number of sulfone groups is 2. The minimum Gasteiger partial charge on any atom is -0.349 e. The maximum atomic E-state index is 12.7. The van der Waals surface area contributed by atoms with Gasteiger partial charge in [0, 0.05) is 13.1 Å². The third-order valence-electron chi connectivity index (χ3n) is 4.06. The van der Waals surface area contributed by atoms with Gasteiger partial charge in [0.05, 0.1) is 20.4 Å². The molecule has 9 heteroatoms. The first-order chi connectivity index (χ1) is 11.7. The van der Waals surface area contributed by atoms with Crippen LogP contribution >= 0.6 is 11.3 Å². The minimum atomic E-state index is -4.05. The molecule has 2 heterocycles. The van der Waals surface area contributed by atoms with Gasteiger partial charge < -0.3 is 4.90 Å². The molecule has 0 atom stereocenters. The summed E-state index contributed by atoms with van der Waals surface area (Å²) in [5.74, 6) is 0. The van der Waals surface area contributed by atoms with Gasteiger partial charge in [0.25, 0.3) is 0 Å². The summed E-state index contributed by atoms with van der Waals surface area (Å²) in [7, 11) is -8.11. The molecule has 0 saturated heterocycles. The lowest BCUT2D eigenvalue weighted by Gasteiger charge is -2.16. The third-order valence-corrected chi connectivity index (χ3v) is 9.84. The van der Waals surface area contributed by atoms with Crippen LogP contribution in [0.25, 0.3) is 6.08 Å². The summed E-state index contributed by atoms with van der Waals surface area (Å²) in [5, 5.41) is 0.750. The molecule has 3 rings (SSSR count). The largest absolute Gasteiger partial charge is 0.349 e. The van der Waals surface area contributed by atoms with Crippen molar-refractivity contribution in [1.29, 1.82) is 0 Å². The molecule has 0 saturated carbocycles. The van der Waals surface area contributed by atoms with Gasteiger partial charge in [-0.25, -0.2) is 21.8 Å². The van der Waals surface area contributed by atoms with Crippen LogP contribution in [0.3, 0.4) is 0 Å². The number of nitrogens with zero attached hydrogens (tertiary/aromatic N) is 2. The van der Waals surface area contributed by atoms with E-state index in [1.54, 1.807) is 6.92 Å². The zero-order valence-corrected chi connectivity index (χ0v) is 16.5. The molecule has 0 spiro atoms. The Morgan fingerprint density at radius 3 is 2.04 bits per heavy atom. The summed E-state index contributed by atoms with van der Waals surface area (Å²) in [4.78, 5) is 6.70. The molecule has 0 amide bonds. The average Bonchev–Trinajstić information content (AvgIpc) is 3.00. The fraction of sp³-hybridized carbons (Fsp3) is 0.312. The highest BCUT2D eigenvalue weighted by molar-refractivity contribution is 8.17. The van der Waals surface area contributed by atoms with E-state index >= 15 is 0 Å². The fourth-order valence-electron chi connectivity index (χ4n) is 2.67. The van der Waals surface area contributed by atoms with Crippen LogP contribution in [-0.4, -0.2) is 34.9 Å². The van der Waals surface area contributed by atoms with E-state index in [0.29, 0.717) is 10.6 Å². The van der Waals surface area contributed by atoms with Gasteiger partial charge in [-0.1, -0.05) is 23.5 Å². The van der Waals surface area contributed by atoms with Crippen molar-refractivity contribution in [2.24, 2.45) is 0 Å². The second kappa shape index (κ2) is 6.22. The molecule has 134 valence electrons. The number of anilines is 1. The van der Waals surface area contributed by atoms with Crippen molar-refractivity contribution in [3.8, 4) is 0 Å². The lowest BCUT2D eigenvalue weighted by atomic mass is 10.4. The van der Waals surface area contributed by atoms with E-state index in [4.69, 9.17) is 0 Å². The molecular formula is C16H18N2O4S3. The van der Waals surface area contributed by atoms with Crippen molar-refractivity contribution in [3.05, 3.63) is 39.1 Å². The van der Waals surface area contributed by atoms with Crippen LogP contribution in [0, 0.1) is 6.92 Å². The Morgan fingerprint density at radius 2 is 1.56 bits per heavy atom. The summed E-state index contributed by atoms with van der Waals surface area (Å²) in [6, 6.07) is 5.68. The maximum absolute atomic E-state index is 12.7. The van der Waals surface area contributed by atoms with Crippen molar-refractivity contribution >= 4 is 42.2 Å². The van der Waals surface area contributed by atoms with Crippen LogP contribution in [-0.2, 0) is 19.7 Å². The minimum absolute atomic E-state index is 0.160. The predicted molar refractivity (Wildman–Crippen MR) is 99.2 cm³/mol. The summed E-state index contributed by atoms with van der Waals surface area (Å²) in [5.41, 5.74) is 0.612. The highest BCUT2D eigenvalue weighted by atomic mass is 32.3. The van der Waals surface area contributed by atoms with Crippen LogP contribution in [0.4, 0.5) is 5.13 Å². The Balaban J connectivity index is 2.18. The maximum Gasteiger partial charge on any atom is 0.219 e. The lowest BCUT2D eigenvalue weighted by molar-refractivity contribution is 0.603. The number of aromatic nitrogens is 1. The molecule has 0 aliphatic carbocycles. The Labute approximate surface area is 151 Å². The average molecular weight is 399 g/mol. The molecule has 0 bridgehead atoms. The van der Waals surface area contributed by atoms with Crippen molar-refractivity contribution in [2.75, 3.05) is 18.0 Å². The first-order valence-corrected chi connectivity index (χ1v) is 11.5. The summed E-state index contributed by atoms with van der Waals surface area (Å²) >= 11 is 1.29. The Hall–Kier alpha value is -1.71. The SMILES string of the molecule is CCN(CC)c1nc(C)c(C=C2S(=O)(=O)c3ccccc3S2(=O)=O)s1. The van der Waals surface area contributed by atoms with Crippen LogP contribution in [0.5, 0.6) is 0 Å². The van der Waals surface area contributed by atoms with Crippen LogP contribution in [0.1, 0.15) is 24.4 Å². The third kappa shape index (κ3) is 2.80. The van der Waals surface area contributed by atoms with Gasteiger partial charge in [-0.15, -0.1) is 0 Å². The van der Waals surface area contributed by atoms with E-state index in [2.05, 4.69) is 4.98 Å². The van der Waals surface area contributed by atoms with Crippen LogP contribution < -0.4 is 4.90 Å². The Bertz CT molecular complexity index is 1010. The molecule has 0 unspecified atom stereocenters. The monoisotopic (exact) mass is 398 g/mol. The van der Waals surface area contributed by atoms with Gasteiger partial charge in [-0.2, -0.15) is 0 Å². The number of rotatable bonds is 4. The molecule has 1 aliphatic rings. The number of thiazole rings is 1. The summed E-state index contributed by atoms with van der Waals surface area (Å²) in [6.45, 7) is 7.28. The Kier molecular flexibility index (Phi) is 4.50. The van der Waals surface area contributed by atoms with Gasteiger partial charge >= 0.3 is 0 Å². The molecule has 0 N–H and O–H groups in total. The molecule has 1 aromatic carbocycles. The fourth-order valence-corrected chi connectivity index (χ4v) is 8.47. The van der Waals surface area contributed by atoms with E-state index in [9.17, 15) is 16.8 Å². The van der Waals surface area contributed by atoms with Gasteiger partial charge in [0.2, 0.25) is 19.7 Å². The number of fused-ring (bicyclic) bond motifs is 1. The number of hydrogen-bond donors (Lipinski definition) is 0. The normalized spacial score (nSPS) is 17.3.